The second-order valence-corrected chi connectivity index (χ2v) is 7.76. The number of amides is 2. The summed E-state index contributed by atoms with van der Waals surface area (Å²) >= 11 is 0. The van der Waals surface area contributed by atoms with Crippen LogP contribution in [0.3, 0.4) is 0 Å². The van der Waals surface area contributed by atoms with Gasteiger partial charge in [-0.25, -0.2) is 0 Å². The minimum Gasteiger partial charge on any atom is -0.353 e. The second kappa shape index (κ2) is 12.9. The molecule has 1 aliphatic carbocycles. The molecular formula is C23H33N3O2. The molecule has 0 atom stereocenters. The summed E-state index contributed by atoms with van der Waals surface area (Å²) in [6, 6.07) is 9.00. The first-order valence-corrected chi connectivity index (χ1v) is 10.8. The highest BCUT2D eigenvalue weighted by molar-refractivity contribution is 5.93. The number of carbonyl (C=O) groups excluding carboxylic acids is 2. The largest absolute Gasteiger partial charge is 0.353 e. The Morgan fingerprint density at radius 2 is 1.32 bits per heavy atom. The first-order valence-electron chi connectivity index (χ1n) is 10.8. The van der Waals surface area contributed by atoms with Crippen LogP contribution in [-0.4, -0.2) is 17.9 Å². The van der Waals surface area contributed by atoms with Gasteiger partial charge in [-0.2, -0.15) is 5.26 Å². The summed E-state index contributed by atoms with van der Waals surface area (Å²) in [5.41, 5.74) is 1.19. The highest BCUT2D eigenvalue weighted by Gasteiger charge is 2.14. The number of anilines is 1. The van der Waals surface area contributed by atoms with E-state index in [1.165, 1.54) is 57.8 Å². The van der Waals surface area contributed by atoms with Crippen molar-refractivity contribution in [2.24, 2.45) is 0 Å². The van der Waals surface area contributed by atoms with E-state index in [0.29, 0.717) is 11.3 Å². The van der Waals surface area contributed by atoms with Crippen LogP contribution in [0.25, 0.3) is 0 Å². The Morgan fingerprint density at radius 1 is 0.821 bits per heavy atom. The zero-order chi connectivity index (χ0) is 20.0. The highest BCUT2D eigenvalue weighted by Crippen LogP contribution is 2.17. The van der Waals surface area contributed by atoms with Gasteiger partial charge in [0.05, 0.1) is 11.6 Å². The molecule has 0 heterocycles. The van der Waals surface area contributed by atoms with Gasteiger partial charge in [0.15, 0.2) is 0 Å². The normalized spacial score (nSPS) is 16.8. The van der Waals surface area contributed by atoms with E-state index < -0.39 is 0 Å². The average Bonchev–Trinajstić information content (AvgIpc) is 2.69. The molecule has 5 heteroatoms. The van der Waals surface area contributed by atoms with E-state index in [0.717, 1.165) is 12.8 Å². The highest BCUT2D eigenvalue weighted by atomic mass is 16.2. The SMILES string of the molecule is N#Cc1ccc(NC(=O)CCC(=O)NC2CCCCCCCCCCC2)cc1. The monoisotopic (exact) mass is 383 g/mol. The predicted octanol–water partition coefficient (Wildman–Crippen LogP) is 5.07. The number of nitriles is 1. The van der Waals surface area contributed by atoms with Crippen molar-refractivity contribution in [2.75, 3.05) is 5.32 Å². The lowest BCUT2D eigenvalue weighted by molar-refractivity contribution is -0.125. The third kappa shape index (κ3) is 9.03. The Labute approximate surface area is 168 Å². The maximum atomic E-state index is 12.3. The minimum atomic E-state index is -0.182. The smallest absolute Gasteiger partial charge is 0.224 e. The molecule has 0 bridgehead atoms. The Hall–Kier alpha value is -2.35. The molecule has 0 aromatic heterocycles. The Kier molecular flexibility index (Phi) is 10.1. The van der Waals surface area contributed by atoms with Crippen molar-refractivity contribution in [3.63, 3.8) is 0 Å². The molecule has 1 fully saturated rings. The molecule has 2 amide bonds. The van der Waals surface area contributed by atoms with Crippen molar-refractivity contribution in [1.29, 1.82) is 5.26 Å². The topological polar surface area (TPSA) is 82.0 Å². The van der Waals surface area contributed by atoms with E-state index in [9.17, 15) is 9.59 Å². The molecule has 152 valence electrons. The molecule has 0 saturated heterocycles. The summed E-state index contributed by atoms with van der Waals surface area (Å²) in [6.45, 7) is 0. The van der Waals surface area contributed by atoms with Crippen LogP contribution in [-0.2, 0) is 9.59 Å². The van der Waals surface area contributed by atoms with E-state index in [1.54, 1.807) is 24.3 Å². The Bertz CT molecular complexity index is 637. The third-order valence-electron chi connectivity index (χ3n) is 5.35. The Balaban J connectivity index is 1.71. The number of benzene rings is 1. The van der Waals surface area contributed by atoms with Crippen LogP contribution in [0.2, 0.25) is 0 Å². The van der Waals surface area contributed by atoms with Crippen molar-refractivity contribution in [3.05, 3.63) is 29.8 Å². The van der Waals surface area contributed by atoms with E-state index in [4.69, 9.17) is 5.26 Å². The number of carbonyl (C=O) groups is 2. The molecule has 0 unspecified atom stereocenters. The van der Waals surface area contributed by atoms with Crippen LogP contribution in [0.15, 0.2) is 24.3 Å². The first kappa shape index (κ1) is 21.9. The quantitative estimate of drug-likeness (QED) is 0.745. The molecule has 1 aromatic rings. The summed E-state index contributed by atoms with van der Waals surface area (Å²) in [5, 5.41) is 14.7. The van der Waals surface area contributed by atoms with E-state index >= 15 is 0 Å². The van der Waals surface area contributed by atoms with Gasteiger partial charge in [0.25, 0.3) is 0 Å². The van der Waals surface area contributed by atoms with Crippen LogP contribution >= 0.6 is 0 Å². The lowest BCUT2D eigenvalue weighted by Crippen LogP contribution is -2.35. The Morgan fingerprint density at radius 3 is 1.86 bits per heavy atom. The minimum absolute atomic E-state index is 0.0351. The van der Waals surface area contributed by atoms with Gasteiger partial charge in [-0.1, -0.05) is 57.8 Å². The molecule has 1 aromatic carbocycles. The van der Waals surface area contributed by atoms with Crippen LogP contribution in [0, 0.1) is 11.3 Å². The summed E-state index contributed by atoms with van der Waals surface area (Å²) in [5.74, 6) is -0.217. The fraction of sp³-hybridized carbons (Fsp3) is 0.609. The predicted molar refractivity (Wildman–Crippen MR) is 112 cm³/mol. The standard InChI is InChI=1S/C23H33N3O2/c24-18-19-12-14-21(15-13-19)26-23(28)17-16-22(27)25-20-10-8-6-4-2-1-3-5-7-9-11-20/h12-15,20H,1-11,16-17H2,(H,25,27)(H,26,28). The zero-order valence-electron chi connectivity index (χ0n) is 16.8. The number of rotatable bonds is 5. The van der Waals surface area contributed by atoms with E-state index in [1.807, 2.05) is 6.07 Å². The molecule has 5 nitrogen and oxygen atoms in total. The van der Waals surface area contributed by atoms with Gasteiger partial charge >= 0.3 is 0 Å². The first-order chi connectivity index (χ1) is 13.7. The molecule has 0 spiro atoms. The number of nitrogens with zero attached hydrogens (tertiary/aromatic N) is 1. The summed E-state index contributed by atoms with van der Waals surface area (Å²) in [6.07, 6.45) is 13.9. The van der Waals surface area contributed by atoms with Crippen LogP contribution < -0.4 is 10.6 Å². The molecule has 1 saturated carbocycles. The zero-order valence-corrected chi connectivity index (χ0v) is 16.8. The second-order valence-electron chi connectivity index (χ2n) is 7.76. The van der Waals surface area contributed by atoms with E-state index in [2.05, 4.69) is 10.6 Å². The fourth-order valence-corrected chi connectivity index (χ4v) is 3.69. The van der Waals surface area contributed by atoms with Crippen molar-refractivity contribution in [2.45, 2.75) is 89.5 Å². The molecule has 28 heavy (non-hydrogen) atoms. The molecular weight excluding hydrogens is 350 g/mol. The summed E-state index contributed by atoms with van der Waals surface area (Å²) in [4.78, 5) is 24.4. The van der Waals surface area contributed by atoms with Crippen LogP contribution in [0.4, 0.5) is 5.69 Å². The lowest BCUT2D eigenvalue weighted by Gasteiger charge is -2.19. The number of nitrogens with one attached hydrogen (secondary N) is 2. The number of hydrogen-bond donors (Lipinski definition) is 2. The molecule has 2 rings (SSSR count). The van der Waals surface area contributed by atoms with Gasteiger partial charge in [0.2, 0.25) is 11.8 Å². The van der Waals surface area contributed by atoms with Gasteiger partial charge in [0, 0.05) is 24.6 Å². The van der Waals surface area contributed by atoms with Crippen molar-refractivity contribution in [3.8, 4) is 6.07 Å². The molecule has 1 aliphatic rings. The van der Waals surface area contributed by atoms with Gasteiger partial charge in [-0.05, 0) is 37.1 Å². The van der Waals surface area contributed by atoms with Gasteiger partial charge in [-0.15, -0.1) is 0 Å². The maximum Gasteiger partial charge on any atom is 0.224 e. The molecule has 2 N–H and O–H groups in total. The molecule has 0 radical (unpaired) electrons. The lowest BCUT2D eigenvalue weighted by atomic mass is 9.98. The van der Waals surface area contributed by atoms with Crippen molar-refractivity contribution in [1.82, 2.24) is 5.32 Å². The van der Waals surface area contributed by atoms with Crippen molar-refractivity contribution < 1.29 is 9.59 Å². The van der Waals surface area contributed by atoms with Gasteiger partial charge in [-0.3, -0.25) is 9.59 Å². The van der Waals surface area contributed by atoms with E-state index in [-0.39, 0.29) is 30.7 Å². The van der Waals surface area contributed by atoms with Crippen LogP contribution in [0.5, 0.6) is 0 Å². The van der Waals surface area contributed by atoms with Crippen molar-refractivity contribution >= 4 is 17.5 Å². The number of hydrogen-bond acceptors (Lipinski definition) is 3. The summed E-state index contributed by atoms with van der Waals surface area (Å²) < 4.78 is 0. The average molecular weight is 384 g/mol. The molecule has 0 aliphatic heterocycles. The van der Waals surface area contributed by atoms with Crippen LogP contribution in [0.1, 0.15) is 89.0 Å². The summed E-state index contributed by atoms with van der Waals surface area (Å²) in [7, 11) is 0. The van der Waals surface area contributed by atoms with Gasteiger partial charge < -0.3 is 10.6 Å². The fourth-order valence-electron chi connectivity index (χ4n) is 3.69. The third-order valence-corrected chi connectivity index (χ3v) is 5.35. The van der Waals surface area contributed by atoms with Gasteiger partial charge in [0.1, 0.15) is 0 Å². The maximum absolute atomic E-state index is 12.3.